The van der Waals surface area contributed by atoms with E-state index in [0.717, 1.165) is 27.7 Å². The van der Waals surface area contributed by atoms with Crippen molar-refractivity contribution in [2.45, 2.75) is 6.54 Å². The van der Waals surface area contributed by atoms with Gasteiger partial charge >= 0.3 is 0 Å². The van der Waals surface area contributed by atoms with Gasteiger partial charge < -0.3 is 10.6 Å². The summed E-state index contributed by atoms with van der Waals surface area (Å²) in [6.45, 7) is 0.589. The highest BCUT2D eigenvalue weighted by Gasteiger charge is 2.22. The first-order valence-electron chi connectivity index (χ1n) is 5.18. The van der Waals surface area contributed by atoms with Gasteiger partial charge in [-0.1, -0.05) is 0 Å². The van der Waals surface area contributed by atoms with Gasteiger partial charge in [-0.15, -0.1) is 0 Å². The molecule has 1 amide bonds. The monoisotopic (exact) mass is 215 g/mol. The van der Waals surface area contributed by atoms with Crippen LogP contribution in [0, 0.1) is 0 Å². The maximum atomic E-state index is 11.6. The Bertz CT molecular complexity index is 598. The SMILES string of the molecule is CNc1ccnc2ccc3c(c12)CNC3=O.[HH]. The molecule has 0 aliphatic carbocycles. The lowest BCUT2D eigenvalue weighted by molar-refractivity contribution is 0.0966. The molecule has 1 aromatic heterocycles. The molecule has 4 heteroatoms. The third-order valence-electron chi connectivity index (χ3n) is 2.95. The van der Waals surface area contributed by atoms with Crippen LogP contribution >= 0.6 is 0 Å². The van der Waals surface area contributed by atoms with E-state index in [1.54, 1.807) is 6.20 Å². The molecule has 0 unspecified atom stereocenters. The van der Waals surface area contributed by atoms with Crippen LogP contribution in [0.15, 0.2) is 24.4 Å². The third kappa shape index (κ3) is 1.10. The molecular formula is C12H13N3O. The van der Waals surface area contributed by atoms with Crippen molar-refractivity contribution in [2.75, 3.05) is 12.4 Å². The largest absolute Gasteiger partial charge is 0.388 e. The number of nitrogens with one attached hydrogen (secondary N) is 2. The first-order valence-corrected chi connectivity index (χ1v) is 5.18. The zero-order valence-electron chi connectivity index (χ0n) is 8.87. The molecule has 0 saturated carbocycles. The average molecular weight is 215 g/mol. The van der Waals surface area contributed by atoms with Crippen LogP contribution in [0.5, 0.6) is 0 Å². The first kappa shape index (κ1) is 9.15. The van der Waals surface area contributed by atoms with Gasteiger partial charge in [-0.2, -0.15) is 0 Å². The van der Waals surface area contributed by atoms with Gasteiger partial charge in [0.05, 0.1) is 5.52 Å². The summed E-state index contributed by atoms with van der Waals surface area (Å²) in [6, 6.07) is 5.65. The molecule has 82 valence electrons. The number of benzene rings is 1. The van der Waals surface area contributed by atoms with Crippen LogP contribution in [0.4, 0.5) is 5.69 Å². The number of nitrogens with zero attached hydrogens (tertiary/aromatic N) is 1. The van der Waals surface area contributed by atoms with E-state index in [0.29, 0.717) is 6.54 Å². The lowest BCUT2D eigenvalue weighted by Crippen LogP contribution is -2.12. The second-order valence-electron chi connectivity index (χ2n) is 3.78. The molecule has 0 fully saturated rings. The molecule has 2 heterocycles. The number of anilines is 1. The predicted molar refractivity (Wildman–Crippen MR) is 64.6 cm³/mol. The Hall–Kier alpha value is -2.10. The van der Waals surface area contributed by atoms with Crippen molar-refractivity contribution in [1.82, 2.24) is 10.3 Å². The van der Waals surface area contributed by atoms with Crippen molar-refractivity contribution in [3.63, 3.8) is 0 Å². The highest BCUT2D eigenvalue weighted by Crippen LogP contribution is 2.30. The van der Waals surface area contributed by atoms with E-state index in [-0.39, 0.29) is 7.33 Å². The van der Waals surface area contributed by atoms with E-state index < -0.39 is 0 Å². The summed E-state index contributed by atoms with van der Waals surface area (Å²) in [5.74, 6) is 0.00260. The van der Waals surface area contributed by atoms with E-state index in [9.17, 15) is 4.79 Å². The molecule has 1 aliphatic rings. The van der Waals surface area contributed by atoms with Gasteiger partial charge in [0, 0.05) is 37.9 Å². The van der Waals surface area contributed by atoms with Crippen LogP contribution in [0.2, 0.25) is 0 Å². The molecule has 1 aromatic carbocycles. The van der Waals surface area contributed by atoms with Gasteiger partial charge in [-0.05, 0) is 23.8 Å². The number of hydrogen-bond acceptors (Lipinski definition) is 3. The van der Waals surface area contributed by atoms with Gasteiger partial charge in [0.25, 0.3) is 5.91 Å². The number of amides is 1. The Morgan fingerprint density at radius 2 is 2.31 bits per heavy atom. The number of pyridine rings is 1. The summed E-state index contributed by atoms with van der Waals surface area (Å²) < 4.78 is 0. The normalized spacial score (nSPS) is 13.7. The highest BCUT2D eigenvalue weighted by molar-refractivity contribution is 6.06. The average Bonchev–Trinajstić information content (AvgIpc) is 2.70. The van der Waals surface area contributed by atoms with Crippen LogP contribution in [0.25, 0.3) is 10.9 Å². The molecule has 16 heavy (non-hydrogen) atoms. The quantitative estimate of drug-likeness (QED) is 0.762. The molecule has 2 N–H and O–H groups in total. The van der Waals surface area contributed by atoms with E-state index in [1.165, 1.54) is 0 Å². The summed E-state index contributed by atoms with van der Waals surface area (Å²) in [5, 5.41) is 7.01. The summed E-state index contributed by atoms with van der Waals surface area (Å²) in [7, 11) is 1.87. The fraction of sp³-hybridized carbons (Fsp3) is 0.167. The lowest BCUT2D eigenvalue weighted by atomic mass is 10.0. The van der Waals surface area contributed by atoms with Gasteiger partial charge in [0.15, 0.2) is 0 Å². The Balaban J connectivity index is 0.00000108. The van der Waals surface area contributed by atoms with Crippen LogP contribution in [0.1, 0.15) is 17.3 Å². The fourth-order valence-corrected chi connectivity index (χ4v) is 2.19. The lowest BCUT2D eigenvalue weighted by Gasteiger charge is -2.08. The highest BCUT2D eigenvalue weighted by atomic mass is 16.1. The number of rotatable bonds is 1. The topological polar surface area (TPSA) is 54.0 Å². The van der Waals surface area contributed by atoms with E-state index in [1.807, 2.05) is 25.2 Å². The molecule has 0 radical (unpaired) electrons. The van der Waals surface area contributed by atoms with E-state index in [2.05, 4.69) is 15.6 Å². The zero-order valence-corrected chi connectivity index (χ0v) is 8.87. The standard InChI is InChI=1S/C12H11N3O.H2/c1-13-9-4-5-14-10-3-2-7-8(11(9)10)6-15-12(7)16;/h2-5H,6H2,1H3,(H,13,14)(H,15,16);1H. The van der Waals surface area contributed by atoms with Crippen LogP contribution in [-0.4, -0.2) is 17.9 Å². The van der Waals surface area contributed by atoms with Gasteiger partial charge in [-0.25, -0.2) is 0 Å². The van der Waals surface area contributed by atoms with Crippen LogP contribution in [-0.2, 0) is 6.54 Å². The molecule has 0 saturated heterocycles. The molecule has 0 bridgehead atoms. The maximum absolute atomic E-state index is 11.6. The number of fused-ring (bicyclic) bond motifs is 3. The second-order valence-corrected chi connectivity index (χ2v) is 3.78. The predicted octanol–water partition coefficient (Wildman–Crippen LogP) is 1.77. The number of aromatic nitrogens is 1. The molecule has 3 rings (SSSR count). The Labute approximate surface area is 94.2 Å². The van der Waals surface area contributed by atoms with Crippen molar-refractivity contribution < 1.29 is 6.22 Å². The van der Waals surface area contributed by atoms with Gasteiger partial charge in [0.1, 0.15) is 0 Å². The van der Waals surface area contributed by atoms with Crippen molar-refractivity contribution >= 4 is 22.5 Å². The molecule has 1 aliphatic heterocycles. The van der Waals surface area contributed by atoms with Crippen LogP contribution < -0.4 is 10.6 Å². The van der Waals surface area contributed by atoms with E-state index in [4.69, 9.17) is 0 Å². The van der Waals surface area contributed by atoms with Gasteiger partial charge in [-0.3, -0.25) is 9.78 Å². The second kappa shape index (κ2) is 3.20. The minimum Gasteiger partial charge on any atom is -0.388 e. The van der Waals surface area contributed by atoms with Crippen molar-refractivity contribution in [2.24, 2.45) is 0 Å². The number of carbonyl (C=O) groups excluding carboxylic acids is 1. The molecular weight excluding hydrogens is 202 g/mol. The Morgan fingerprint density at radius 3 is 3.12 bits per heavy atom. The fourth-order valence-electron chi connectivity index (χ4n) is 2.19. The molecule has 0 spiro atoms. The summed E-state index contributed by atoms with van der Waals surface area (Å²) in [4.78, 5) is 15.9. The van der Waals surface area contributed by atoms with Crippen molar-refractivity contribution in [1.29, 1.82) is 0 Å². The van der Waals surface area contributed by atoms with Crippen molar-refractivity contribution in [3.05, 3.63) is 35.5 Å². The Morgan fingerprint density at radius 1 is 1.44 bits per heavy atom. The molecule has 4 nitrogen and oxygen atoms in total. The summed E-state index contributed by atoms with van der Waals surface area (Å²) >= 11 is 0. The minimum atomic E-state index is 0. The summed E-state index contributed by atoms with van der Waals surface area (Å²) in [5.41, 5.74) is 3.73. The van der Waals surface area contributed by atoms with Crippen LogP contribution in [0.3, 0.4) is 0 Å². The molecule has 0 atom stereocenters. The summed E-state index contributed by atoms with van der Waals surface area (Å²) in [6.07, 6.45) is 1.77. The number of carbonyl (C=O) groups is 1. The first-order chi connectivity index (χ1) is 7.81. The van der Waals surface area contributed by atoms with Gasteiger partial charge in [0.2, 0.25) is 0 Å². The minimum absolute atomic E-state index is 0. The van der Waals surface area contributed by atoms with Crippen molar-refractivity contribution in [3.8, 4) is 0 Å². The van der Waals surface area contributed by atoms with E-state index >= 15 is 0 Å². The zero-order chi connectivity index (χ0) is 11.1. The third-order valence-corrected chi connectivity index (χ3v) is 2.95. The smallest absolute Gasteiger partial charge is 0.251 e. The molecule has 2 aromatic rings. The maximum Gasteiger partial charge on any atom is 0.251 e. The Kier molecular flexibility index (Phi) is 1.83. The number of hydrogen-bond donors (Lipinski definition) is 2.